The van der Waals surface area contributed by atoms with Gasteiger partial charge in [-0.2, -0.15) is 0 Å². The van der Waals surface area contributed by atoms with Crippen LogP contribution in [0.25, 0.3) is 0 Å². The minimum absolute atomic E-state index is 0.226. The molecule has 2 unspecified atom stereocenters. The lowest BCUT2D eigenvalue weighted by atomic mass is 10.1. The lowest BCUT2D eigenvalue weighted by molar-refractivity contribution is 0.0504. The maximum absolute atomic E-state index is 13.3. The van der Waals surface area contributed by atoms with Gasteiger partial charge in [0, 0.05) is 6.54 Å². The molecule has 4 N–H and O–H groups in total. The molecule has 1 aromatic rings. The van der Waals surface area contributed by atoms with Crippen molar-refractivity contribution in [3.8, 4) is 0 Å². The van der Waals surface area contributed by atoms with Crippen LogP contribution in [0.5, 0.6) is 0 Å². The van der Waals surface area contributed by atoms with Crippen LogP contribution in [-0.4, -0.2) is 30.3 Å². The van der Waals surface area contributed by atoms with Gasteiger partial charge in [0.15, 0.2) is 0 Å². The van der Waals surface area contributed by atoms with Crippen molar-refractivity contribution in [3.05, 3.63) is 29.0 Å². The Hall–Kier alpha value is -1.53. The monoisotopic (exact) mass is 331 g/mol. The fraction of sp³-hybridized carbons (Fsp3) is 0.533. The summed E-state index contributed by atoms with van der Waals surface area (Å²) < 4.78 is 18.5. The van der Waals surface area contributed by atoms with E-state index in [1.54, 1.807) is 27.7 Å². The molecule has 0 fully saturated rings. The average Bonchev–Trinajstić information content (AvgIpc) is 2.37. The Morgan fingerprint density at radius 1 is 1.45 bits per heavy atom. The topological polar surface area (TPSA) is 76.4 Å². The molecule has 7 heteroatoms. The summed E-state index contributed by atoms with van der Waals surface area (Å²) in [6.07, 6.45) is -0.536. The molecule has 2 atom stereocenters. The molecule has 0 aromatic heterocycles. The fourth-order valence-corrected chi connectivity index (χ4v) is 1.96. The number of anilines is 1. The first-order valence-corrected chi connectivity index (χ1v) is 7.41. The number of rotatable bonds is 5. The van der Waals surface area contributed by atoms with E-state index in [2.05, 4.69) is 10.6 Å². The summed E-state index contributed by atoms with van der Waals surface area (Å²) >= 11 is 6.01. The van der Waals surface area contributed by atoms with Crippen molar-refractivity contribution in [1.82, 2.24) is 5.32 Å². The lowest BCUT2D eigenvalue weighted by Crippen LogP contribution is -2.49. The normalized spacial score (nSPS) is 14.1. The molecule has 0 aliphatic carbocycles. The van der Waals surface area contributed by atoms with E-state index >= 15 is 0 Å². The van der Waals surface area contributed by atoms with Crippen LogP contribution in [-0.2, 0) is 4.74 Å². The number of nitrogens with one attached hydrogen (secondary N) is 2. The molecule has 1 aromatic carbocycles. The van der Waals surface area contributed by atoms with Crippen molar-refractivity contribution in [3.63, 3.8) is 0 Å². The molecular weight excluding hydrogens is 309 g/mol. The number of nitrogens with two attached hydrogens (primary N) is 1. The van der Waals surface area contributed by atoms with Crippen LogP contribution in [0.2, 0.25) is 5.02 Å². The van der Waals surface area contributed by atoms with Crippen molar-refractivity contribution in [2.45, 2.75) is 45.4 Å². The second-order valence-electron chi connectivity index (χ2n) is 6.05. The zero-order valence-electron chi connectivity index (χ0n) is 13.2. The Kier molecular flexibility index (Phi) is 6.44. The van der Waals surface area contributed by atoms with Gasteiger partial charge in [-0.05, 0) is 45.9 Å². The van der Waals surface area contributed by atoms with Crippen LogP contribution >= 0.6 is 11.6 Å². The summed E-state index contributed by atoms with van der Waals surface area (Å²) in [5.41, 5.74) is 5.57. The van der Waals surface area contributed by atoms with Crippen LogP contribution in [0.3, 0.4) is 0 Å². The van der Waals surface area contributed by atoms with Gasteiger partial charge in [-0.1, -0.05) is 11.6 Å². The molecule has 0 saturated carbocycles. The van der Waals surface area contributed by atoms with E-state index < -0.39 is 17.5 Å². The molecule has 0 saturated heterocycles. The van der Waals surface area contributed by atoms with Crippen molar-refractivity contribution < 1.29 is 13.9 Å². The Bertz CT molecular complexity index is 520. The molecule has 124 valence electrons. The molecule has 0 aliphatic heterocycles. The molecule has 5 nitrogen and oxygen atoms in total. The zero-order valence-corrected chi connectivity index (χ0v) is 14.0. The number of hydrogen-bond acceptors (Lipinski definition) is 4. The van der Waals surface area contributed by atoms with E-state index in [9.17, 15) is 9.18 Å². The van der Waals surface area contributed by atoms with Crippen LogP contribution in [0, 0.1) is 5.82 Å². The van der Waals surface area contributed by atoms with Crippen molar-refractivity contribution in [2.75, 3.05) is 11.9 Å². The highest BCUT2D eigenvalue weighted by molar-refractivity contribution is 6.33. The molecule has 0 bridgehead atoms. The van der Waals surface area contributed by atoms with Crippen LogP contribution in [0.4, 0.5) is 14.9 Å². The third-order valence-corrected chi connectivity index (χ3v) is 3.20. The largest absolute Gasteiger partial charge is 0.444 e. The highest BCUT2D eigenvalue weighted by Gasteiger charge is 2.22. The SMILES string of the molecule is CC(NC(=O)OC(C)(C)C)C(CN)Nc1cc(F)ccc1Cl. The number of alkyl carbamates (subject to hydrolysis) is 1. The quantitative estimate of drug-likeness (QED) is 0.774. The minimum Gasteiger partial charge on any atom is -0.444 e. The van der Waals surface area contributed by atoms with Gasteiger partial charge in [0.05, 0.1) is 22.8 Å². The predicted molar refractivity (Wildman–Crippen MR) is 86.7 cm³/mol. The number of ether oxygens (including phenoxy) is 1. The van der Waals surface area contributed by atoms with E-state index in [1.165, 1.54) is 18.2 Å². The second kappa shape index (κ2) is 7.65. The fourth-order valence-electron chi connectivity index (χ4n) is 1.79. The number of amides is 1. The number of carbonyl (C=O) groups is 1. The van der Waals surface area contributed by atoms with Crippen molar-refractivity contribution in [2.24, 2.45) is 5.73 Å². The van der Waals surface area contributed by atoms with Crippen LogP contribution in [0.1, 0.15) is 27.7 Å². The molecular formula is C15H23ClFN3O2. The van der Waals surface area contributed by atoms with E-state index in [-0.39, 0.29) is 18.6 Å². The number of carbonyl (C=O) groups excluding carboxylic acids is 1. The molecule has 0 aliphatic rings. The summed E-state index contributed by atoms with van der Waals surface area (Å²) in [4.78, 5) is 11.8. The third kappa shape index (κ3) is 6.07. The van der Waals surface area contributed by atoms with E-state index in [4.69, 9.17) is 22.1 Å². The highest BCUT2D eigenvalue weighted by atomic mass is 35.5. The minimum atomic E-state index is -0.582. The molecule has 0 heterocycles. The van der Waals surface area contributed by atoms with Crippen LogP contribution in [0.15, 0.2) is 18.2 Å². The van der Waals surface area contributed by atoms with Gasteiger partial charge in [-0.15, -0.1) is 0 Å². The Labute approximate surface area is 135 Å². The van der Waals surface area contributed by atoms with Crippen LogP contribution < -0.4 is 16.4 Å². The molecule has 1 amide bonds. The smallest absolute Gasteiger partial charge is 0.407 e. The van der Waals surface area contributed by atoms with Gasteiger partial charge in [0.1, 0.15) is 11.4 Å². The Balaban J connectivity index is 2.70. The number of benzene rings is 1. The zero-order chi connectivity index (χ0) is 16.9. The molecule has 22 heavy (non-hydrogen) atoms. The van der Waals surface area contributed by atoms with Crippen molar-refractivity contribution >= 4 is 23.4 Å². The molecule has 1 rings (SSSR count). The van der Waals surface area contributed by atoms with Gasteiger partial charge < -0.3 is 21.1 Å². The highest BCUT2D eigenvalue weighted by Crippen LogP contribution is 2.23. The molecule has 0 spiro atoms. The number of hydrogen-bond donors (Lipinski definition) is 3. The maximum Gasteiger partial charge on any atom is 0.407 e. The molecule has 0 radical (unpaired) electrons. The van der Waals surface area contributed by atoms with E-state index in [0.717, 1.165) is 0 Å². The van der Waals surface area contributed by atoms with E-state index in [0.29, 0.717) is 10.7 Å². The second-order valence-corrected chi connectivity index (χ2v) is 6.45. The van der Waals surface area contributed by atoms with Gasteiger partial charge in [-0.25, -0.2) is 9.18 Å². The van der Waals surface area contributed by atoms with Gasteiger partial charge in [-0.3, -0.25) is 0 Å². The predicted octanol–water partition coefficient (Wildman–Crippen LogP) is 3.13. The Morgan fingerprint density at radius 2 is 2.09 bits per heavy atom. The maximum atomic E-state index is 13.3. The standard InChI is InChI=1S/C15H23ClFN3O2/c1-9(19-14(21)22-15(2,3)4)13(8-18)20-12-7-10(17)5-6-11(12)16/h5-7,9,13,20H,8,18H2,1-4H3,(H,19,21). The van der Waals surface area contributed by atoms with Crippen molar-refractivity contribution in [1.29, 1.82) is 0 Å². The lowest BCUT2D eigenvalue weighted by Gasteiger charge is -2.27. The van der Waals surface area contributed by atoms with Gasteiger partial charge in [0.25, 0.3) is 0 Å². The average molecular weight is 332 g/mol. The summed E-state index contributed by atoms with van der Waals surface area (Å²) in [6.45, 7) is 7.35. The Morgan fingerprint density at radius 3 is 2.64 bits per heavy atom. The first-order valence-electron chi connectivity index (χ1n) is 7.03. The first-order chi connectivity index (χ1) is 10.1. The third-order valence-electron chi connectivity index (χ3n) is 2.87. The van der Waals surface area contributed by atoms with E-state index in [1.807, 2.05) is 0 Å². The number of halogens is 2. The first kappa shape index (κ1) is 18.5. The van der Waals surface area contributed by atoms with Gasteiger partial charge >= 0.3 is 6.09 Å². The summed E-state index contributed by atoms with van der Waals surface area (Å²) in [7, 11) is 0. The summed E-state index contributed by atoms with van der Waals surface area (Å²) in [5.74, 6) is -0.407. The summed E-state index contributed by atoms with van der Waals surface area (Å²) in [6, 6.07) is 3.35. The van der Waals surface area contributed by atoms with Gasteiger partial charge in [0.2, 0.25) is 0 Å². The summed E-state index contributed by atoms with van der Waals surface area (Å²) in [5, 5.41) is 6.12.